The molecule has 0 bridgehead atoms. The molecule has 1 aliphatic rings. The molecule has 0 aromatic rings. The molecule has 1 saturated heterocycles. The summed E-state index contributed by atoms with van der Waals surface area (Å²) in [6.07, 6.45) is 7.43. The molecule has 2 atom stereocenters. The first-order valence-corrected chi connectivity index (χ1v) is 8.57. The summed E-state index contributed by atoms with van der Waals surface area (Å²) in [5, 5.41) is 13.3. The van der Waals surface area contributed by atoms with Gasteiger partial charge in [0.1, 0.15) is 0 Å². The Morgan fingerprint density at radius 2 is 2.00 bits per heavy atom. The zero-order valence-corrected chi connectivity index (χ0v) is 14.1. The summed E-state index contributed by atoms with van der Waals surface area (Å²) in [6.45, 7) is 12.9. The summed E-state index contributed by atoms with van der Waals surface area (Å²) in [6, 6.07) is 0.953. The number of aliphatic hydroxyl groups is 1. The highest BCUT2D eigenvalue weighted by Gasteiger charge is 2.26. The van der Waals surface area contributed by atoms with E-state index in [9.17, 15) is 5.11 Å². The van der Waals surface area contributed by atoms with Crippen molar-refractivity contribution in [2.45, 2.75) is 78.3 Å². The molecule has 2 unspecified atom stereocenters. The van der Waals surface area contributed by atoms with Crippen LogP contribution in [0.15, 0.2) is 0 Å². The second-order valence-corrected chi connectivity index (χ2v) is 7.38. The summed E-state index contributed by atoms with van der Waals surface area (Å²) in [5.41, 5.74) is 0.301. The Morgan fingerprint density at radius 3 is 2.60 bits per heavy atom. The fourth-order valence-corrected chi connectivity index (χ4v) is 3.19. The van der Waals surface area contributed by atoms with Crippen LogP contribution in [0.5, 0.6) is 0 Å². The summed E-state index contributed by atoms with van der Waals surface area (Å²) < 4.78 is 0. The summed E-state index contributed by atoms with van der Waals surface area (Å²) in [7, 11) is 0. The van der Waals surface area contributed by atoms with Crippen LogP contribution in [0.3, 0.4) is 0 Å². The molecule has 3 heteroatoms. The van der Waals surface area contributed by atoms with Crippen LogP contribution in [0.25, 0.3) is 0 Å². The summed E-state index contributed by atoms with van der Waals surface area (Å²) in [5.74, 6) is 0. The van der Waals surface area contributed by atoms with Crippen molar-refractivity contribution in [1.29, 1.82) is 0 Å². The van der Waals surface area contributed by atoms with Crippen molar-refractivity contribution in [2.75, 3.05) is 26.2 Å². The van der Waals surface area contributed by atoms with E-state index in [2.05, 4.69) is 37.9 Å². The topological polar surface area (TPSA) is 35.5 Å². The van der Waals surface area contributed by atoms with E-state index >= 15 is 0 Å². The molecule has 0 aliphatic carbocycles. The third-order valence-corrected chi connectivity index (χ3v) is 4.60. The fraction of sp³-hybridized carbons (Fsp3) is 1.00. The second kappa shape index (κ2) is 9.01. The van der Waals surface area contributed by atoms with E-state index in [1.165, 1.54) is 38.5 Å². The zero-order valence-electron chi connectivity index (χ0n) is 14.1. The van der Waals surface area contributed by atoms with Crippen molar-refractivity contribution in [2.24, 2.45) is 5.41 Å². The molecule has 3 nitrogen and oxygen atoms in total. The average molecular weight is 284 g/mol. The van der Waals surface area contributed by atoms with Crippen LogP contribution in [0.2, 0.25) is 0 Å². The maximum atomic E-state index is 9.60. The van der Waals surface area contributed by atoms with Crippen LogP contribution in [0, 0.1) is 5.41 Å². The number of nitrogens with zero attached hydrogens (tertiary/aromatic N) is 1. The van der Waals surface area contributed by atoms with Gasteiger partial charge in [-0.05, 0) is 44.2 Å². The number of hydrogen-bond donors (Lipinski definition) is 2. The van der Waals surface area contributed by atoms with Gasteiger partial charge in [-0.25, -0.2) is 0 Å². The van der Waals surface area contributed by atoms with Crippen LogP contribution in [-0.2, 0) is 0 Å². The van der Waals surface area contributed by atoms with Crippen LogP contribution >= 0.6 is 0 Å². The first kappa shape index (κ1) is 17.9. The number of likely N-dealkylation sites (tertiary alicyclic amines) is 1. The monoisotopic (exact) mass is 284 g/mol. The maximum Gasteiger partial charge on any atom is 0.0586 e. The predicted octanol–water partition coefficient (Wildman–Crippen LogP) is 3.03. The Bertz CT molecular complexity index is 250. The molecule has 1 aliphatic heterocycles. The Labute approximate surface area is 126 Å². The molecule has 1 rings (SSSR count). The van der Waals surface area contributed by atoms with Gasteiger partial charge in [-0.1, -0.05) is 40.5 Å². The van der Waals surface area contributed by atoms with Gasteiger partial charge in [0.2, 0.25) is 0 Å². The lowest BCUT2D eigenvalue weighted by Crippen LogP contribution is -2.45. The second-order valence-electron chi connectivity index (χ2n) is 7.38. The highest BCUT2D eigenvalue weighted by molar-refractivity contribution is 4.83. The molecule has 1 heterocycles. The van der Waals surface area contributed by atoms with E-state index in [1.807, 2.05) is 0 Å². The molecule has 2 N–H and O–H groups in total. The van der Waals surface area contributed by atoms with Crippen LogP contribution in [0.4, 0.5) is 0 Å². The summed E-state index contributed by atoms with van der Waals surface area (Å²) in [4.78, 5) is 2.53. The lowest BCUT2D eigenvalue weighted by atomic mass is 9.84. The average Bonchev–Trinajstić information content (AvgIpc) is 2.62. The highest BCUT2D eigenvalue weighted by Crippen LogP contribution is 2.24. The van der Waals surface area contributed by atoms with E-state index in [-0.39, 0.29) is 0 Å². The minimum absolute atomic E-state index is 0.301. The quantitative estimate of drug-likeness (QED) is 0.754. The Kier molecular flexibility index (Phi) is 8.08. The van der Waals surface area contributed by atoms with Crippen LogP contribution in [0.1, 0.15) is 66.2 Å². The normalized spacial score (nSPS) is 23.6. The van der Waals surface area contributed by atoms with Crippen molar-refractivity contribution in [3.63, 3.8) is 0 Å². The van der Waals surface area contributed by atoms with E-state index in [0.717, 1.165) is 19.6 Å². The fourth-order valence-electron chi connectivity index (χ4n) is 3.19. The number of hydrogen-bond acceptors (Lipinski definition) is 3. The van der Waals surface area contributed by atoms with Gasteiger partial charge in [0.15, 0.2) is 0 Å². The Balaban J connectivity index is 2.51. The van der Waals surface area contributed by atoms with Crippen molar-refractivity contribution in [3.8, 4) is 0 Å². The predicted molar refractivity (Wildman–Crippen MR) is 87.1 cm³/mol. The highest BCUT2D eigenvalue weighted by atomic mass is 16.3. The largest absolute Gasteiger partial charge is 0.395 e. The van der Waals surface area contributed by atoms with E-state index < -0.39 is 0 Å². The smallest absolute Gasteiger partial charge is 0.0586 e. The molecule has 120 valence electrons. The van der Waals surface area contributed by atoms with Gasteiger partial charge in [0.05, 0.1) is 6.61 Å². The van der Waals surface area contributed by atoms with E-state index in [0.29, 0.717) is 24.1 Å². The van der Waals surface area contributed by atoms with Gasteiger partial charge in [0.25, 0.3) is 0 Å². The summed E-state index contributed by atoms with van der Waals surface area (Å²) >= 11 is 0. The first-order chi connectivity index (χ1) is 9.49. The molecular weight excluding hydrogens is 248 g/mol. The lowest BCUT2D eigenvalue weighted by molar-refractivity contribution is 0.112. The van der Waals surface area contributed by atoms with Gasteiger partial charge in [-0.2, -0.15) is 0 Å². The molecule has 0 aromatic heterocycles. The minimum Gasteiger partial charge on any atom is -0.395 e. The molecule has 20 heavy (non-hydrogen) atoms. The molecule has 1 fully saturated rings. The van der Waals surface area contributed by atoms with Gasteiger partial charge < -0.3 is 10.4 Å². The third kappa shape index (κ3) is 6.11. The van der Waals surface area contributed by atoms with Gasteiger partial charge >= 0.3 is 0 Å². The van der Waals surface area contributed by atoms with Gasteiger partial charge in [-0.15, -0.1) is 0 Å². The molecule has 0 aromatic carbocycles. The third-order valence-electron chi connectivity index (χ3n) is 4.60. The minimum atomic E-state index is 0.301. The number of rotatable bonds is 7. The zero-order chi connectivity index (χ0) is 15.0. The molecule has 0 spiro atoms. The van der Waals surface area contributed by atoms with Crippen molar-refractivity contribution >= 4 is 0 Å². The first-order valence-electron chi connectivity index (χ1n) is 8.57. The Morgan fingerprint density at radius 1 is 1.25 bits per heavy atom. The van der Waals surface area contributed by atoms with E-state index in [4.69, 9.17) is 0 Å². The maximum absolute atomic E-state index is 9.60. The van der Waals surface area contributed by atoms with Crippen molar-refractivity contribution in [1.82, 2.24) is 10.2 Å². The van der Waals surface area contributed by atoms with Crippen LogP contribution in [-0.4, -0.2) is 48.3 Å². The molecule has 0 radical (unpaired) electrons. The van der Waals surface area contributed by atoms with Crippen molar-refractivity contribution < 1.29 is 5.11 Å². The molecule has 0 saturated carbocycles. The van der Waals surface area contributed by atoms with Crippen molar-refractivity contribution in [3.05, 3.63) is 0 Å². The van der Waals surface area contributed by atoms with Gasteiger partial charge in [-0.3, -0.25) is 4.90 Å². The lowest BCUT2D eigenvalue weighted by Gasteiger charge is -2.35. The SMILES string of the molecule is CCCNC(CCN1CCCCCC1CO)C(C)(C)C. The molecule has 0 amide bonds. The van der Waals surface area contributed by atoms with E-state index in [1.54, 1.807) is 0 Å². The standard InChI is InChI=1S/C17H36N2O/c1-5-11-18-16(17(2,3)4)10-13-19-12-8-6-7-9-15(19)14-20/h15-16,18,20H,5-14H2,1-4H3. The van der Waals surface area contributed by atoms with Crippen LogP contribution < -0.4 is 5.32 Å². The van der Waals surface area contributed by atoms with Gasteiger partial charge in [0, 0.05) is 18.6 Å². The Hall–Kier alpha value is -0.120. The number of aliphatic hydroxyl groups excluding tert-OH is 1. The molecular formula is C17H36N2O. The number of nitrogens with one attached hydrogen (secondary N) is 1.